The molecule has 0 fully saturated rings. The third-order valence-electron chi connectivity index (χ3n) is 3.05. The minimum atomic E-state index is -0.171. The number of benzene rings is 1. The average Bonchev–Trinajstić information content (AvgIpc) is 2.93. The van der Waals surface area contributed by atoms with Crippen LogP contribution in [0.1, 0.15) is 16.9 Å². The summed E-state index contributed by atoms with van der Waals surface area (Å²) in [5.41, 5.74) is 2.61. The van der Waals surface area contributed by atoms with E-state index in [1.54, 1.807) is 13.0 Å². The lowest BCUT2D eigenvalue weighted by Gasteiger charge is -2.04. The van der Waals surface area contributed by atoms with Crippen molar-refractivity contribution in [3.63, 3.8) is 0 Å². The molecule has 1 aliphatic heterocycles. The summed E-state index contributed by atoms with van der Waals surface area (Å²) >= 11 is 0. The van der Waals surface area contributed by atoms with Gasteiger partial charge < -0.3 is 15.2 Å². The summed E-state index contributed by atoms with van der Waals surface area (Å²) < 4.78 is 4.88. The predicted molar refractivity (Wildman–Crippen MR) is 72.3 cm³/mol. The van der Waals surface area contributed by atoms with Crippen molar-refractivity contribution in [3.8, 4) is 0 Å². The van der Waals surface area contributed by atoms with Gasteiger partial charge in [-0.25, -0.2) is 0 Å². The molecule has 2 amide bonds. The molecule has 2 aromatic rings. The Kier molecular flexibility index (Phi) is 2.98. The zero-order chi connectivity index (χ0) is 14.1. The molecule has 0 aliphatic carbocycles. The van der Waals surface area contributed by atoms with Gasteiger partial charge in [-0.3, -0.25) is 9.59 Å². The number of amides is 2. The third kappa shape index (κ3) is 2.54. The second-order valence-electron chi connectivity index (χ2n) is 4.76. The summed E-state index contributed by atoms with van der Waals surface area (Å²) in [5.74, 6) is 0.864. The fraction of sp³-hybridized carbons (Fsp3) is 0.214. The highest BCUT2D eigenvalue weighted by atomic mass is 16.5. The van der Waals surface area contributed by atoms with E-state index in [-0.39, 0.29) is 18.2 Å². The highest BCUT2D eigenvalue weighted by Gasteiger charge is 2.18. The number of carbonyl (C=O) groups excluding carboxylic acids is 2. The maximum atomic E-state index is 11.9. The van der Waals surface area contributed by atoms with Crippen molar-refractivity contribution < 1.29 is 14.1 Å². The molecule has 6 nitrogen and oxygen atoms in total. The molecule has 1 aromatic heterocycles. The third-order valence-corrected chi connectivity index (χ3v) is 3.05. The number of anilines is 2. The van der Waals surface area contributed by atoms with Crippen molar-refractivity contribution in [2.24, 2.45) is 0 Å². The first-order chi connectivity index (χ1) is 9.60. The quantitative estimate of drug-likeness (QED) is 0.889. The Labute approximate surface area is 115 Å². The van der Waals surface area contributed by atoms with Gasteiger partial charge in [-0.2, -0.15) is 0 Å². The number of nitrogens with one attached hydrogen (secondary N) is 2. The molecule has 0 atom stereocenters. The number of hydrogen-bond acceptors (Lipinski definition) is 4. The van der Waals surface area contributed by atoms with Gasteiger partial charge in [-0.15, -0.1) is 0 Å². The fourth-order valence-corrected chi connectivity index (χ4v) is 2.19. The molecular formula is C14H13N3O3. The van der Waals surface area contributed by atoms with Gasteiger partial charge in [0.05, 0.1) is 12.8 Å². The summed E-state index contributed by atoms with van der Waals surface area (Å²) in [6, 6.07) is 7.19. The number of nitrogens with zero attached hydrogens (tertiary/aromatic N) is 1. The molecule has 2 N–H and O–H groups in total. The molecule has 0 saturated heterocycles. The lowest BCUT2D eigenvalue weighted by atomic mass is 10.1. The van der Waals surface area contributed by atoms with Crippen LogP contribution in [0.25, 0.3) is 0 Å². The van der Waals surface area contributed by atoms with Crippen LogP contribution in [0, 0.1) is 6.92 Å². The Morgan fingerprint density at radius 2 is 2.30 bits per heavy atom. The zero-order valence-corrected chi connectivity index (χ0v) is 10.9. The van der Waals surface area contributed by atoms with Gasteiger partial charge in [0.2, 0.25) is 11.8 Å². The van der Waals surface area contributed by atoms with Gasteiger partial charge in [0.25, 0.3) is 0 Å². The molecule has 2 heterocycles. The maximum absolute atomic E-state index is 11.9. The van der Waals surface area contributed by atoms with Crippen LogP contribution >= 0.6 is 0 Å². The molecule has 1 aliphatic rings. The Hall–Kier alpha value is -2.63. The molecule has 6 heteroatoms. The lowest BCUT2D eigenvalue weighted by Crippen LogP contribution is -2.14. The van der Waals surface area contributed by atoms with Crippen LogP contribution in [0.4, 0.5) is 11.5 Å². The molecule has 0 saturated carbocycles. The van der Waals surface area contributed by atoms with Crippen molar-refractivity contribution in [1.82, 2.24) is 5.16 Å². The zero-order valence-electron chi connectivity index (χ0n) is 10.9. The fourth-order valence-electron chi connectivity index (χ4n) is 2.19. The second-order valence-corrected chi connectivity index (χ2v) is 4.76. The van der Waals surface area contributed by atoms with E-state index in [1.807, 2.05) is 18.2 Å². The van der Waals surface area contributed by atoms with Crippen LogP contribution in [-0.4, -0.2) is 17.0 Å². The number of aromatic nitrogens is 1. The van der Waals surface area contributed by atoms with Crippen LogP contribution < -0.4 is 10.6 Å². The van der Waals surface area contributed by atoms with E-state index in [0.29, 0.717) is 18.0 Å². The molecule has 0 radical (unpaired) electrons. The Morgan fingerprint density at radius 3 is 3.05 bits per heavy atom. The topological polar surface area (TPSA) is 84.2 Å². The summed E-state index contributed by atoms with van der Waals surface area (Å²) in [5, 5.41) is 9.12. The monoisotopic (exact) mass is 271 g/mol. The lowest BCUT2D eigenvalue weighted by molar-refractivity contribution is -0.116. The molecule has 0 bridgehead atoms. The van der Waals surface area contributed by atoms with Gasteiger partial charge in [0.1, 0.15) is 5.76 Å². The van der Waals surface area contributed by atoms with Crippen molar-refractivity contribution in [2.75, 3.05) is 10.6 Å². The molecule has 1 aromatic carbocycles. The number of aryl methyl sites for hydroxylation is 1. The largest absolute Gasteiger partial charge is 0.360 e. The first kappa shape index (κ1) is 12.4. The summed E-state index contributed by atoms with van der Waals surface area (Å²) in [7, 11) is 0. The van der Waals surface area contributed by atoms with Gasteiger partial charge in [-0.05, 0) is 24.1 Å². The van der Waals surface area contributed by atoms with Crippen LogP contribution in [0.2, 0.25) is 0 Å². The average molecular weight is 271 g/mol. The molecule has 0 spiro atoms. The van der Waals surface area contributed by atoms with Crippen molar-refractivity contribution in [2.45, 2.75) is 19.8 Å². The van der Waals surface area contributed by atoms with Crippen molar-refractivity contribution in [3.05, 3.63) is 41.2 Å². The minimum absolute atomic E-state index is 0.0142. The SMILES string of the molecule is Cc1cc(NC(=O)Cc2ccc3c(c2)CC(=O)N3)no1. The van der Waals surface area contributed by atoms with Crippen LogP contribution in [-0.2, 0) is 22.4 Å². The normalized spacial score (nSPS) is 12.9. The molecule has 102 valence electrons. The minimum Gasteiger partial charge on any atom is -0.360 e. The van der Waals surface area contributed by atoms with Crippen LogP contribution in [0.5, 0.6) is 0 Å². The van der Waals surface area contributed by atoms with Gasteiger partial charge in [-0.1, -0.05) is 17.3 Å². The van der Waals surface area contributed by atoms with E-state index in [1.165, 1.54) is 0 Å². The smallest absolute Gasteiger partial charge is 0.230 e. The van der Waals surface area contributed by atoms with Gasteiger partial charge in [0, 0.05) is 11.8 Å². The number of carbonyl (C=O) groups is 2. The van der Waals surface area contributed by atoms with Crippen LogP contribution in [0.3, 0.4) is 0 Å². The van der Waals surface area contributed by atoms with Crippen molar-refractivity contribution in [1.29, 1.82) is 0 Å². The highest BCUT2D eigenvalue weighted by Crippen LogP contribution is 2.24. The number of fused-ring (bicyclic) bond motifs is 1. The van der Waals surface area contributed by atoms with Gasteiger partial charge >= 0.3 is 0 Å². The van der Waals surface area contributed by atoms with Gasteiger partial charge in [0.15, 0.2) is 5.82 Å². The van der Waals surface area contributed by atoms with Crippen molar-refractivity contribution >= 4 is 23.3 Å². The number of rotatable bonds is 3. The van der Waals surface area contributed by atoms with Crippen LogP contribution in [0.15, 0.2) is 28.8 Å². The molecular weight excluding hydrogens is 258 g/mol. The summed E-state index contributed by atoms with van der Waals surface area (Å²) in [4.78, 5) is 23.1. The predicted octanol–water partition coefficient (Wildman–Crippen LogP) is 1.66. The highest BCUT2D eigenvalue weighted by molar-refractivity contribution is 5.99. The van der Waals surface area contributed by atoms with E-state index in [0.717, 1.165) is 16.8 Å². The van der Waals surface area contributed by atoms with E-state index in [4.69, 9.17) is 4.52 Å². The van der Waals surface area contributed by atoms with E-state index < -0.39 is 0 Å². The molecule has 20 heavy (non-hydrogen) atoms. The van der Waals surface area contributed by atoms with E-state index in [9.17, 15) is 9.59 Å². The Bertz CT molecular complexity index is 691. The first-order valence-corrected chi connectivity index (χ1v) is 6.25. The maximum Gasteiger partial charge on any atom is 0.230 e. The van der Waals surface area contributed by atoms with E-state index >= 15 is 0 Å². The van der Waals surface area contributed by atoms with E-state index in [2.05, 4.69) is 15.8 Å². The molecule has 0 unspecified atom stereocenters. The second kappa shape index (κ2) is 4.80. The summed E-state index contributed by atoms with van der Waals surface area (Å²) in [6.45, 7) is 1.76. The Morgan fingerprint density at radius 1 is 1.45 bits per heavy atom. The summed E-state index contributed by atoms with van der Waals surface area (Å²) in [6.07, 6.45) is 0.598. The standard InChI is InChI=1S/C14H13N3O3/c1-8-4-12(17-20-8)16-13(18)6-9-2-3-11-10(5-9)7-14(19)15-11/h2-5H,6-7H2,1H3,(H,15,19)(H,16,17,18). The first-order valence-electron chi connectivity index (χ1n) is 6.25. The Balaban J connectivity index is 1.67. The number of hydrogen-bond donors (Lipinski definition) is 2. The molecule has 3 rings (SSSR count).